The fourth-order valence-electron chi connectivity index (χ4n) is 0.740. The van der Waals surface area contributed by atoms with Crippen LogP contribution in [0, 0.1) is 0 Å². The third kappa shape index (κ3) is 2.87. The first-order valence-corrected chi connectivity index (χ1v) is 4.64. The molecule has 0 unspecified atom stereocenters. The van der Waals surface area contributed by atoms with Crippen molar-refractivity contribution in [2.45, 2.75) is 6.92 Å². The lowest BCUT2D eigenvalue weighted by molar-refractivity contribution is -0.137. The van der Waals surface area contributed by atoms with Gasteiger partial charge in [0.25, 0.3) is 0 Å². The van der Waals surface area contributed by atoms with Gasteiger partial charge in [0, 0.05) is 12.3 Å². The first kappa shape index (κ1) is 9.73. The standard InChI is InChI=1S/C8H10N2O2S/c1-2-12-8(11)3-6(9)7-4-10-5-13-7/h3-5H,2,9H2,1H3. The molecule has 70 valence electrons. The highest BCUT2D eigenvalue weighted by atomic mass is 32.1. The van der Waals surface area contributed by atoms with Crippen LogP contribution in [-0.2, 0) is 9.53 Å². The Morgan fingerprint density at radius 3 is 3.15 bits per heavy atom. The predicted molar refractivity (Wildman–Crippen MR) is 50.9 cm³/mol. The van der Waals surface area contributed by atoms with E-state index < -0.39 is 5.97 Å². The molecule has 2 N–H and O–H groups in total. The molecule has 0 radical (unpaired) electrons. The van der Waals surface area contributed by atoms with Crippen LogP contribution in [0.3, 0.4) is 0 Å². The van der Waals surface area contributed by atoms with Crippen LogP contribution in [0.25, 0.3) is 5.70 Å². The van der Waals surface area contributed by atoms with Crippen molar-refractivity contribution < 1.29 is 9.53 Å². The average Bonchev–Trinajstić information content (AvgIpc) is 2.55. The van der Waals surface area contributed by atoms with E-state index in [4.69, 9.17) is 10.5 Å². The van der Waals surface area contributed by atoms with E-state index in [0.717, 1.165) is 4.88 Å². The Hall–Kier alpha value is -1.36. The van der Waals surface area contributed by atoms with Crippen LogP contribution in [0.1, 0.15) is 11.8 Å². The first-order chi connectivity index (χ1) is 6.24. The summed E-state index contributed by atoms with van der Waals surface area (Å²) in [5.74, 6) is -0.423. The fourth-order valence-corrected chi connectivity index (χ4v) is 1.29. The lowest BCUT2D eigenvalue weighted by Crippen LogP contribution is -2.04. The van der Waals surface area contributed by atoms with Gasteiger partial charge >= 0.3 is 5.97 Å². The Bertz CT molecular complexity index is 306. The largest absolute Gasteiger partial charge is 0.463 e. The molecule has 0 saturated heterocycles. The Labute approximate surface area is 80.0 Å². The molecule has 1 aromatic heterocycles. The van der Waals surface area contributed by atoms with Crippen LogP contribution in [0.4, 0.5) is 0 Å². The molecule has 0 aliphatic heterocycles. The summed E-state index contributed by atoms with van der Waals surface area (Å²) in [4.78, 5) is 15.6. The summed E-state index contributed by atoms with van der Waals surface area (Å²) in [6, 6.07) is 0. The van der Waals surface area contributed by atoms with E-state index in [0.29, 0.717) is 12.3 Å². The lowest BCUT2D eigenvalue weighted by Gasteiger charge is -1.97. The Balaban J connectivity index is 2.67. The van der Waals surface area contributed by atoms with Crippen molar-refractivity contribution in [2.75, 3.05) is 6.61 Å². The average molecular weight is 198 g/mol. The minimum atomic E-state index is -0.423. The lowest BCUT2D eigenvalue weighted by atomic mass is 10.3. The fraction of sp³-hybridized carbons (Fsp3) is 0.250. The molecule has 0 saturated carbocycles. The molecule has 4 nitrogen and oxygen atoms in total. The maximum absolute atomic E-state index is 11.0. The number of esters is 1. The van der Waals surface area contributed by atoms with Crippen molar-refractivity contribution in [3.63, 3.8) is 0 Å². The molecule has 0 amide bonds. The van der Waals surface area contributed by atoms with Gasteiger partial charge in [0.15, 0.2) is 0 Å². The zero-order valence-electron chi connectivity index (χ0n) is 7.19. The molecule has 0 aliphatic carbocycles. The minimum Gasteiger partial charge on any atom is -0.463 e. The van der Waals surface area contributed by atoms with E-state index in [1.807, 2.05) is 0 Å². The summed E-state index contributed by atoms with van der Waals surface area (Å²) in [5.41, 5.74) is 7.65. The molecule has 0 fully saturated rings. The number of carbonyl (C=O) groups is 1. The van der Waals surface area contributed by atoms with Crippen LogP contribution in [-0.4, -0.2) is 17.6 Å². The van der Waals surface area contributed by atoms with Crippen molar-refractivity contribution in [1.29, 1.82) is 0 Å². The smallest absolute Gasteiger partial charge is 0.332 e. The number of ether oxygens (including phenoxy) is 1. The second kappa shape index (κ2) is 4.61. The number of thiazole rings is 1. The topological polar surface area (TPSA) is 65.2 Å². The van der Waals surface area contributed by atoms with Crippen LogP contribution in [0.5, 0.6) is 0 Å². The zero-order chi connectivity index (χ0) is 9.68. The Kier molecular flexibility index (Phi) is 3.45. The number of nitrogens with two attached hydrogens (primary N) is 1. The van der Waals surface area contributed by atoms with E-state index in [1.165, 1.54) is 17.4 Å². The van der Waals surface area contributed by atoms with Gasteiger partial charge in [0.05, 0.1) is 22.7 Å². The Morgan fingerprint density at radius 2 is 2.62 bits per heavy atom. The number of aromatic nitrogens is 1. The predicted octanol–water partition coefficient (Wildman–Crippen LogP) is 1.01. The van der Waals surface area contributed by atoms with Gasteiger partial charge in [0.2, 0.25) is 0 Å². The minimum absolute atomic E-state index is 0.352. The van der Waals surface area contributed by atoms with Crippen LogP contribution >= 0.6 is 11.3 Å². The highest BCUT2D eigenvalue weighted by Crippen LogP contribution is 2.12. The van der Waals surface area contributed by atoms with Gasteiger partial charge in [-0.15, -0.1) is 11.3 Å². The molecule has 1 aromatic rings. The summed E-state index contributed by atoms with van der Waals surface area (Å²) >= 11 is 1.38. The molecule has 0 aliphatic rings. The van der Waals surface area contributed by atoms with Crippen molar-refractivity contribution in [3.8, 4) is 0 Å². The SMILES string of the molecule is CCOC(=O)C=C(N)c1cncs1. The van der Waals surface area contributed by atoms with E-state index in [-0.39, 0.29) is 0 Å². The summed E-state index contributed by atoms with van der Waals surface area (Å²) in [5, 5.41) is 0. The van der Waals surface area contributed by atoms with E-state index in [9.17, 15) is 4.79 Å². The second-order valence-electron chi connectivity index (χ2n) is 2.22. The molecule has 13 heavy (non-hydrogen) atoms. The maximum Gasteiger partial charge on any atom is 0.332 e. The van der Waals surface area contributed by atoms with Gasteiger partial charge in [-0.2, -0.15) is 0 Å². The number of nitrogens with zero attached hydrogens (tertiary/aromatic N) is 1. The summed E-state index contributed by atoms with van der Waals surface area (Å²) in [7, 11) is 0. The van der Waals surface area contributed by atoms with Crippen molar-refractivity contribution in [3.05, 3.63) is 22.7 Å². The number of rotatable bonds is 3. The van der Waals surface area contributed by atoms with Gasteiger partial charge in [-0.3, -0.25) is 4.98 Å². The van der Waals surface area contributed by atoms with Gasteiger partial charge in [-0.1, -0.05) is 0 Å². The number of carbonyl (C=O) groups excluding carboxylic acids is 1. The Morgan fingerprint density at radius 1 is 1.85 bits per heavy atom. The van der Waals surface area contributed by atoms with Gasteiger partial charge in [-0.25, -0.2) is 4.79 Å². The second-order valence-corrected chi connectivity index (χ2v) is 3.10. The molecule has 0 bridgehead atoms. The maximum atomic E-state index is 11.0. The third-order valence-corrected chi connectivity index (χ3v) is 2.10. The molecular weight excluding hydrogens is 188 g/mol. The van der Waals surface area contributed by atoms with Crippen molar-refractivity contribution >= 4 is 23.0 Å². The van der Waals surface area contributed by atoms with E-state index >= 15 is 0 Å². The zero-order valence-corrected chi connectivity index (χ0v) is 8.00. The van der Waals surface area contributed by atoms with Crippen LogP contribution in [0.2, 0.25) is 0 Å². The summed E-state index contributed by atoms with van der Waals surface area (Å²) in [6.45, 7) is 2.10. The quantitative estimate of drug-likeness (QED) is 0.581. The van der Waals surface area contributed by atoms with Crippen LogP contribution < -0.4 is 5.73 Å². The van der Waals surface area contributed by atoms with Crippen molar-refractivity contribution in [1.82, 2.24) is 4.98 Å². The van der Waals surface area contributed by atoms with Gasteiger partial charge < -0.3 is 10.5 Å². The monoisotopic (exact) mass is 198 g/mol. The number of hydrogen-bond donors (Lipinski definition) is 1. The van der Waals surface area contributed by atoms with Gasteiger partial charge in [-0.05, 0) is 6.92 Å². The van der Waals surface area contributed by atoms with Crippen LogP contribution in [0.15, 0.2) is 17.8 Å². The van der Waals surface area contributed by atoms with E-state index in [1.54, 1.807) is 18.6 Å². The molecular formula is C8H10N2O2S. The van der Waals surface area contributed by atoms with Crippen molar-refractivity contribution in [2.24, 2.45) is 5.73 Å². The normalized spacial score (nSPS) is 11.3. The highest BCUT2D eigenvalue weighted by molar-refractivity contribution is 7.10. The number of hydrogen-bond acceptors (Lipinski definition) is 5. The third-order valence-electron chi connectivity index (χ3n) is 1.28. The molecule has 1 heterocycles. The van der Waals surface area contributed by atoms with Gasteiger partial charge in [0.1, 0.15) is 0 Å². The molecule has 0 aromatic carbocycles. The first-order valence-electron chi connectivity index (χ1n) is 3.76. The summed E-state index contributed by atoms with van der Waals surface area (Å²) in [6.07, 6.45) is 2.87. The molecule has 0 spiro atoms. The molecule has 0 atom stereocenters. The highest BCUT2D eigenvalue weighted by Gasteiger charge is 2.02. The summed E-state index contributed by atoms with van der Waals surface area (Å²) < 4.78 is 4.70. The molecule has 5 heteroatoms. The van der Waals surface area contributed by atoms with E-state index in [2.05, 4.69) is 4.98 Å². The molecule has 1 rings (SSSR count).